The number of hydrogen-bond acceptors (Lipinski definition) is 3. The second-order valence-electron chi connectivity index (χ2n) is 5.74. The van der Waals surface area contributed by atoms with E-state index in [1.807, 2.05) is 0 Å². The first-order chi connectivity index (χ1) is 10.2. The summed E-state index contributed by atoms with van der Waals surface area (Å²) in [6.07, 6.45) is 0.0514. The van der Waals surface area contributed by atoms with Gasteiger partial charge in [0.1, 0.15) is 10.8 Å². The molecule has 1 aromatic rings. The van der Waals surface area contributed by atoms with Crippen LogP contribution in [0.5, 0.6) is 0 Å². The molecule has 1 saturated carbocycles. The number of hydrogen-bond donors (Lipinski definition) is 2. The van der Waals surface area contributed by atoms with E-state index in [1.54, 1.807) is 0 Å². The fraction of sp³-hybridized carbons (Fsp3) is 0.357. The van der Waals surface area contributed by atoms with E-state index in [-0.39, 0.29) is 30.1 Å². The highest BCUT2D eigenvalue weighted by Crippen LogP contribution is 2.68. The summed E-state index contributed by atoms with van der Waals surface area (Å²) >= 11 is 11.7. The minimum absolute atomic E-state index is 0.0514. The molecule has 116 valence electrons. The largest absolute Gasteiger partial charge is 0.481 e. The highest BCUT2D eigenvalue weighted by atomic mass is 35.5. The molecule has 0 unspecified atom stereocenters. The van der Waals surface area contributed by atoms with Crippen LogP contribution in [0.25, 0.3) is 0 Å². The van der Waals surface area contributed by atoms with Crippen molar-refractivity contribution < 1.29 is 24.6 Å². The van der Waals surface area contributed by atoms with Crippen molar-refractivity contribution >= 4 is 41.0 Å². The van der Waals surface area contributed by atoms with E-state index < -0.39 is 28.7 Å². The molecule has 22 heavy (non-hydrogen) atoms. The third-order valence-electron chi connectivity index (χ3n) is 4.59. The summed E-state index contributed by atoms with van der Waals surface area (Å²) in [6, 6.07) is 4.33. The number of fused-ring (bicyclic) bond motifs is 1. The lowest BCUT2D eigenvalue weighted by atomic mass is 9.97. The number of carbonyl (C=O) groups excluding carboxylic acids is 1. The Hall–Kier alpha value is -1.79. The summed E-state index contributed by atoms with van der Waals surface area (Å²) < 4.78 is 0. The van der Waals surface area contributed by atoms with Gasteiger partial charge in [-0.1, -0.05) is 23.2 Å². The monoisotopic (exact) mass is 343 g/mol. The maximum atomic E-state index is 12.4. The molecule has 1 aliphatic carbocycles. The van der Waals surface area contributed by atoms with Gasteiger partial charge in [-0.15, -0.1) is 0 Å². The van der Waals surface area contributed by atoms with E-state index >= 15 is 0 Å². The minimum Gasteiger partial charge on any atom is -0.481 e. The van der Waals surface area contributed by atoms with E-state index in [0.717, 1.165) is 0 Å². The zero-order valence-corrected chi connectivity index (χ0v) is 12.7. The first kappa shape index (κ1) is 15.1. The van der Waals surface area contributed by atoms with Gasteiger partial charge >= 0.3 is 11.9 Å². The van der Waals surface area contributed by atoms with Crippen molar-refractivity contribution in [1.29, 1.82) is 0 Å². The van der Waals surface area contributed by atoms with Gasteiger partial charge in [0.25, 0.3) is 5.91 Å². The summed E-state index contributed by atoms with van der Waals surface area (Å²) in [5.41, 5.74) is -2.52. The highest BCUT2D eigenvalue weighted by molar-refractivity contribution is 6.42. The average Bonchev–Trinajstić information content (AvgIpc) is 3.00. The van der Waals surface area contributed by atoms with Crippen molar-refractivity contribution in [3.8, 4) is 0 Å². The van der Waals surface area contributed by atoms with Gasteiger partial charge in [-0.25, -0.2) is 0 Å². The van der Waals surface area contributed by atoms with Crippen LogP contribution in [-0.2, 0) is 9.59 Å². The molecular weight excluding hydrogens is 333 g/mol. The Kier molecular flexibility index (Phi) is 3.16. The fourth-order valence-corrected chi connectivity index (χ4v) is 3.54. The molecule has 0 spiro atoms. The highest BCUT2D eigenvalue weighted by Gasteiger charge is 2.81. The van der Waals surface area contributed by atoms with Crippen LogP contribution in [0.3, 0.4) is 0 Å². The number of piperidine rings is 1. The number of benzene rings is 1. The molecule has 2 fully saturated rings. The van der Waals surface area contributed by atoms with Crippen LogP contribution in [0.2, 0.25) is 10.0 Å². The Balaban J connectivity index is 1.89. The molecule has 0 bridgehead atoms. The summed E-state index contributed by atoms with van der Waals surface area (Å²) in [4.78, 5) is 36.6. The lowest BCUT2D eigenvalue weighted by Gasteiger charge is -2.20. The molecule has 1 saturated heterocycles. The molecule has 1 heterocycles. The van der Waals surface area contributed by atoms with Gasteiger partial charge in [0.15, 0.2) is 0 Å². The van der Waals surface area contributed by atoms with E-state index in [1.165, 1.54) is 23.1 Å². The fourth-order valence-electron chi connectivity index (χ4n) is 3.24. The van der Waals surface area contributed by atoms with Gasteiger partial charge in [0.05, 0.1) is 10.0 Å². The number of likely N-dealkylation sites (tertiary alicyclic amines) is 1. The Morgan fingerprint density at radius 2 is 1.55 bits per heavy atom. The number of aliphatic carboxylic acids is 2. The summed E-state index contributed by atoms with van der Waals surface area (Å²) in [6.45, 7) is -0.235. The molecule has 0 aromatic heterocycles. The molecule has 2 aliphatic rings. The Morgan fingerprint density at radius 3 is 2.00 bits per heavy atom. The molecular formula is C14H11Cl2NO5. The first-order valence-electron chi connectivity index (χ1n) is 6.45. The van der Waals surface area contributed by atoms with Gasteiger partial charge in [-0.3, -0.25) is 14.4 Å². The number of rotatable bonds is 3. The summed E-state index contributed by atoms with van der Waals surface area (Å²) in [5.74, 6) is -2.81. The quantitative estimate of drug-likeness (QED) is 0.875. The minimum atomic E-state index is -1.38. The van der Waals surface area contributed by atoms with Crippen molar-refractivity contribution in [2.24, 2.45) is 10.8 Å². The second-order valence-corrected chi connectivity index (χ2v) is 6.56. The summed E-state index contributed by atoms with van der Waals surface area (Å²) in [7, 11) is 0. The van der Waals surface area contributed by atoms with Crippen LogP contribution < -0.4 is 0 Å². The second kappa shape index (κ2) is 4.60. The zero-order valence-electron chi connectivity index (χ0n) is 11.2. The molecule has 2 atom stereocenters. The number of carboxylic acids is 2. The predicted octanol–water partition coefficient (Wildman–Crippen LogP) is 1.99. The van der Waals surface area contributed by atoms with Crippen molar-refractivity contribution in [3.05, 3.63) is 33.8 Å². The SMILES string of the molecule is O=C(c1ccc(Cl)c(Cl)c1)N1C[C@@]2(C(=O)O)C[C@@]2(C(=O)O)C1. The number of carbonyl (C=O) groups is 3. The topological polar surface area (TPSA) is 94.9 Å². The Morgan fingerprint density at radius 1 is 1.00 bits per heavy atom. The average molecular weight is 344 g/mol. The zero-order chi connectivity index (χ0) is 16.3. The third kappa shape index (κ3) is 1.84. The van der Waals surface area contributed by atoms with Crippen molar-refractivity contribution in [2.45, 2.75) is 6.42 Å². The molecule has 1 aliphatic heterocycles. The smallest absolute Gasteiger partial charge is 0.312 e. The van der Waals surface area contributed by atoms with Gasteiger partial charge in [0.2, 0.25) is 0 Å². The maximum absolute atomic E-state index is 12.4. The molecule has 8 heteroatoms. The number of amides is 1. The Labute approximate surface area is 135 Å². The van der Waals surface area contributed by atoms with Crippen molar-refractivity contribution in [3.63, 3.8) is 0 Å². The predicted molar refractivity (Wildman–Crippen MR) is 77.1 cm³/mol. The molecule has 1 aromatic carbocycles. The van der Waals surface area contributed by atoms with Crippen LogP contribution >= 0.6 is 23.2 Å². The van der Waals surface area contributed by atoms with Crippen molar-refractivity contribution in [1.82, 2.24) is 4.90 Å². The number of carboxylic acid groups (broad SMARTS) is 2. The van der Waals surface area contributed by atoms with Crippen LogP contribution in [0.4, 0.5) is 0 Å². The van der Waals surface area contributed by atoms with E-state index in [9.17, 15) is 24.6 Å². The van der Waals surface area contributed by atoms with Gasteiger partial charge < -0.3 is 15.1 Å². The molecule has 1 amide bonds. The Bertz CT molecular complexity index is 693. The van der Waals surface area contributed by atoms with Crippen molar-refractivity contribution in [2.75, 3.05) is 13.1 Å². The molecule has 2 N–H and O–H groups in total. The number of nitrogens with zero attached hydrogens (tertiary/aromatic N) is 1. The van der Waals surface area contributed by atoms with E-state index in [0.29, 0.717) is 5.02 Å². The molecule has 6 nitrogen and oxygen atoms in total. The number of halogens is 2. The molecule has 3 rings (SSSR count). The van der Waals surface area contributed by atoms with E-state index in [2.05, 4.69) is 0 Å². The van der Waals surface area contributed by atoms with Crippen LogP contribution in [0, 0.1) is 10.8 Å². The van der Waals surface area contributed by atoms with Crippen LogP contribution in [0.15, 0.2) is 18.2 Å². The van der Waals surface area contributed by atoms with Gasteiger partial charge in [-0.2, -0.15) is 0 Å². The first-order valence-corrected chi connectivity index (χ1v) is 7.20. The maximum Gasteiger partial charge on any atom is 0.312 e. The standard InChI is InChI=1S/C14H11Cl2NO5/c15-8-2-1-7(3-9(8)16)10(18)17-5-13(11(19)20)4-14(13,6-17)12(21)22/h1-3H,4-6H2,(H,19,20)(H,21,22)/t13-,14+. The third-order valence-corrected chi connectivity index (χ3v) is 5.33. The van der Waals surface area contributed by atoms with Crippen LogP contribution in [0.1, 0.15) is 16.8 Å². The lowest BCUT2D eigenvalue weighted by molar-refractivity contribution is -0.151. The molecule has 0 radical (unpaired) electrons. The van der Waals surface area contributed by atoms with Gasteiger partial charge in [0, 0.05) is 18.7 Å². The summed E-state index contributed by atoms with van der Waals surface area (Å²) in [5, 5.41) is 19.2. The van der Waals surface area contributed by atoms with Crippen LogP contribution in [-0.4, -0.2) is 46.0 Å². The lowest BCUT2D eigenvalue weighted by Crippen LogP contribution is -2.34. The van der Waals surface area contributed by atoms with Gasteiger partial charge in [-0.05, 0) is 24.6 Å². The van der Waals surface area contributed by atoms with E-state index in [4.69, 9.17) is 23.2 Å². The normalized spacial score (nSPS) is 29.1.